The van der Waals surface area contributed by atoms with Crippen LogP contribution in [0.25, 0.3) is 0 Å². The van der Waals surface area contributed by atoms with Crippen molar-refractivity contribution < 1.29 is 0 Å². The average molecular weight is 353 g/mol. The summed E-state index contributed by atoms with van der Waals surface area (Å²) in [6.07, 6.45) is 9.21. The highest BCUT2D eigenvalue weighted by Crippen LogP contribution is 2.18. The third kappa shape index (κ3) is 19.6. The van der Waals surface area contributed by atoms with Crippen LogP contribution in [-0.2, 0) is 6.42 Å². The molecule has 1 rings (SSSR count). The lowest BCUT2D eigenvalue weighted by molar-refractivity contribution is 0.516. The Balaban J connectivity index is -0.000000371. The van der Waals surface area contributed by atoms with Crippen LogP contribution in [0.4, 0.5) is 0 Å². The zero-order chi connectivity index (χ0) is 19.4. The maximum Gasteiger partial charge on any atom is 0.0606 e. The molecule has 1 atom stereocenters. The Kier molecular flexibility index (Phi) is 26.7. The van der Waals surface area contributed by atoms with Crippen LogP contribution in [0.15, 0.2) is 18.2 Å². The van der Waals surface area contributed by atoms with E-state index in [4.69, 9.17) is 11.6 Å². The standard InChI is InChI=1S/C13H19Cl.C6H14.C2H6.CH3B/c1-4-10(2)5-6-12-7-11(3)8-13(14)9-12;1-3-5-6-4-2;2*1-2/h7-10H,4-6H2,1-3H3;3-6H2,1-2H3;1-2H3;1H3. The molecule has 1 aromatic rings. The van der Waals surface area contributed by atoms with Crippen LogP contribution in [0.5, 0.6) is 0 Å². The van der Waals surface area contributed by atoms with Crippen molar-refractivity contribution in [1.29, 1.82) is 0 Å². The van der Waals surface area contributed by atoms with E-state index >= 15 is 0 Å². The summed E-state index contributed by atoms with van der Waals surface area (Å²) in [7, 11) is 4.50. The molecule has 140 valence electrons. The van der Waals surface area contributed by atoms with Gasteiger partial charge >= 0.3 is 0 Å². The number of hydrogen-bond acceptors (Lipinski definition) is 0. The van der Waals surface area contributed by atoms with E-state index in [1.807, 2.05) is 19.9 Å². The lowest BCUT2D eigenvalue weighted by Gasteiger charge is -2.08. The topological polar surface area (TPSA) is 0 Å². The first-order valence-corrected chi connectivity index (χ1v) is 10.2. The minimum Gasteiger partial charge on any atom is -0.0999 e. The molecule has 0 N–H and O–H groups in total. The molecule has 0 amide bonds. The van der Waals surface area contributed by atoms with Crippen molar-refractivity contribution in [2.75, 3.05) is 0 Å². The van der Waals surface area contributed by atoms with Crippen molar-refractivity contribution in [2.45, 2.75) is 100 Å². The molecule has 1 aromatic carbocycles. The van der Waals surface area contributed by atoms with Gasteiger partial charge in [-0.05, 0) is 48.9 Å². The van der Waals surface area contributed by atoms with Crippen molar-refractivity contribution >= 4 is 19.4 Å². The predicted molar refractivity (Wildman–Crippen MR) is 117 cm³/mol. The lowest BCUT2D eigenvalue weighted by atomic mass is 9.98. The Morgan fingerprint density at radius 1 is 0.958 bits per heavy atom. The summed E-state index contributed by atoms with van der Waals surface area (Å²) in [4.78, 5) is 0. The summed E-state index contributed by atoms with van der Waals surface area (Å²) in [5, 5.41) is 0.865. The zero-order valence-corrected chi connectivity index (χ0v) is 18.5. The van der Waals surface area contributed by atoms with Crippen LogP contribution in [0.2, 0.25) is 11.8 Å². The van der Waals surface area contributed by atoms with E-state index in [-0.39, 0.29) is 0 Å². The molecule has 2 radical (unpaired) electrons. The van der Waals surface area contributed by atoms with E-state index in [9.17, 15) is 0 Å². The van der Waals surface area contributed by atoms with Crippen LogP contribution in [0.1, 0.15) is 91.2 Å². The first-order valence-electron chi connectivity index (χ1n) is 9.87. The van der Waals surface area contributed by atoms with Crippen molar-refractivity contribution in [3.63, 3.8) is 0 Å². The van der Waals surface area contributed by atoms with E-state index in [0.717, 1.165) is 17.4 Å². The second-order valence-corrected chi connectivity index (χ2v) is 6.33. The largest absolute Gasteiger partial charge is 0.0999 e. The molecule has 0 aliphatic rings. The highest BCUT2D eigenvalue weighted by atomic mass is 35.5. The molecule has 0 heterocycles. The zero-order valence-electron chi connectivity index (χ0n) is 17.7. The van der Waals surface area contributed by atoms with Crippen molar-refractivity contribution in [1.82, 2.24) is 0 Å². The second kappa shape index (κ2) is 22.6. The van der Waals surface area contributed by atoms with Crippen molar-refractivity contribution in [3.05, 3.63) is 34.3 Å². The summed E-state index contributed by atoms with van der Waals surface area (Å²) in [5.41, 5.74) is 2.63. The van der Waals surface area contributed by atoms with E-state index < -0.39 is 0 Å². The van der Waals surface area contributed by atoms with Gasteiger partial charge in [-0.2, -0.15) is 0 Å². The van der Waals surface area contributed by atoms with Crippen molar-refractivity contribution in [3.8, 4) is 0 Å². The molecule has 0 aromatic heterocycles. The number of hydrogen-bond donors (Lipinski definition) is 0. The third-order valence-electron chi connectivity index (χ3n) is 3.68. The molecule has 24 heavy (non-hydrogen) atoms. The summed E-state index contributed by atoms with van der Waals surface area (Å²) in [5.74, 6) is 0.814. The van der Waals surface area contributed by atoms with Crippen LogP contribution < -0.4 is 0 Å². The fourth-order valence-corrected chi connectivity index (χ4v) is 2.39. The molecule has 0 saturated heterocycles. The van der Waals surface area contributed by atoms with Crippen LogP contribution in [0.3, 0.4) is 0 Å². The van der Waals surface area contributed by atoms with E-state index in [1.165, 1.54) is 56.5 Å². The first kappa shape index (κ1) is 28.4. The Hall–Kier alpha value is -0.425. The first-order chi connectivity index (χ1) is 11.5. The number of rotatable bonds is 7. The van der Waals surface area contributed by atoms with E-state index in [1.54, 1.807) is 0 Å². The smallest absolute Gasteiger partial charge is 0.0606 e. The van der Waals surface area contributed by atoms with Crippen LogP contribution in [0, 0.1) is 12.8 Å². The summed E-state index contributed by atoms with van der Waals surface area (Å²) in [6.45, 7) is 16.6. The number of aryl methyl sites for hydroxylation is 2. The molecule has 0 nitrogen and oxygen atoms in total. The minimum absolute atomic E-state index is 0.814. The molecule has 0 aliphatic carbocycles. The molecule has 1 unspecified atom stereocenters. The van der Waals surface area contributed by atoms with Gasteiger partial charge in [0, 0.05) is 5.02 Å². The quantitative estimate of drug-likeness (QED) is 0.341. The van der Waals surface area contributed by atoms with Gasteiger partial charge in [0.1, 0.15) is 0 Å². The highest BCUT2D eigenvalue weighted by molar-refractivity contribution is 6.30. The Morgan fingerprint density at radius 3 is 1.83 bits per heavy atom. The molecule has 0 bridgehead atoms. The van der Waals surface area contributed by atoms with Gasteiger partial charge in [0.05, 0.1) is 7.85 Å². The number of benzene rings is 1. The summed E-state index contributed by atoms with van der Waals surface area (Å²) >= 11 is 6.00. The number of unbranched alkanes of at least 4 members (excludes halogenated alkanes) is 3. The highest BCUT2D eigenvalue weighted by Gasteiger charge is 2.01. The van der Waals surface area contributed by atoms with Gasteiger partial charge < -0.3 is 0 Å². The third-order valence-corrected chi connectivity index (χ3v) is 3.90. The SMILES string of the molecule is CC.CCC(C)CCc1cc(C)cc(Cl)c1.CCCCCC.[B]C. The van der Waals surface area contributed by atoms with Gasteiger partial charge in [0.15, 0.2) is 0 Å². The molecule has 0 saturated carbocycles. The normalized spacial score (nSPS) is 10.2. The summed E-state index contributed by atoms with van der Waals surface area (Å²) < 4.78 is 0. The predicted octanol–water partition coefficient (Wildman–Crippen LogP) is 8.44. The molecule has 2 heteroatoms. The molecule has 0 aliphatic heterocycles. The van der Waals surface area contributed by atoms with E-state index in [2.05, 4.69) is 54.6 Å². The van der Waals surface area contributed by atoms with Crippen LogP contribution in [-0.4, -0.2) is 7.85 Å². The minimum atomic E-state index is 0.814. The van der Waals surface area contributed by atoms with E-state index in [0.29, 0.717) is 0 Å². The fourth-order valence-electron chi connectivity index (χ4n) is 2.07. The Bertz CT molecular complexity index is 326. The molecule has 0 spiro atoms. The maximum absolute atomic E-state index is 6.00. The maximum atomic E-state index is 6.00. The molecule has 0 fully saturated rings. The lowest BCUT2D eigenvalue weighted by Crippen LogP contribution is -1.95. The average Bonchev–Trinajstić information content (AvgIpc) is 2.61. The van der Waals surface area contributed by atoms with Gasteiger partial charge in [-0.25, -0.2) is 0 Å². The second-order valence-electron chi connectivity index (χ2n) is 5.90. The Morgan fingerprint density at radius 2 is 1.46 bits per heavy atom. The van der Waals surface area contributed by atoms with Gasteiger partial charge in [0.2, 0.25) is 0 Å². The number of halogens is 1. The van der Waals surface area contributed by atoms with Crippen LogP contribution >= 0.6 is 11.6 Å². The molecular weight excluding hydrogens is 311 g/mol. The Labute approximate surface area is 160 Å². The van der Waals surface area contributed by atoms with Gasteiger partial charge in [-0.1, -0.05) is 98.1 Å². The molecular formula is C22H42BCl. The van der Waals surface area contributed by atoms with Gasteiger partial charge in [0.25, 0.3) is 0 Å². The summed E-state index contributed by atoms with van der Waals surface area (Å²) in [6, 6.07) is 6.32. The van der Waals surface area contributed by atoms with Gasteiger partial charge in [-0.15, -0.1) is 0 Å². The van der Waals surface area contributed by atoms with Gasteiger partial charge in [-0.3, -0.25) is 0 Å². The van der Waals surface area contributed by atoms with Crippen molar-refractivity contribution in [2.24, 2.45) is 5.92 Å². The fraction of sp³-hybridized carbons (Fsp3) is 0.727. The monoisotopic (exact) mass is 352 g/mol.